The summed E-state index contributed by atoms with van der Waals surface area (Å²) in [5.41, 5.74) is 1.09. The fraction of sp³-hybridized carbons (Fsp3) is 0.368. The third-order valence-electron chi connectivity index (χ3n) is 3.86. The lowest BCUT2D eigenvalue weighted by molar-refractivity contribution is 0.101. The van der Waals surface area contributed by atoms with Crippen LogP contribution in [-0.2, 0) is 6.42 Å². The lowest BCUT2D eigenvalue weighted by Gasteiger charge is -2.18. The molecule has 0 aliphatic heterocycles. The number of furan rings is 1. The van der Waals surface area contributed by atoms with Crippen LogP contribution in [0.5, 0.6) is 0 Å². The quantitative estimate of drug-likeness (QED) is 0.755. The topological polar surface area (TPSA) is 82.8 Å². The van der Waals surface area contributed by atoms with Crippen LogP contribution in [-0.4, -0.2) is 41.5 Å². The highest BCUT2D eigenvalue weighted by Gasteiger charge is 2.14. The van der Waals surface area contributed by atoms with Gasteiger partial charge in [-0.1, -0.05) is 6.92 Å². The Kier molecular flexibility index (Phi) is 6.36. The SMILES string of the molecule is CCc1ccc(C(=O)c2ccc(NC(=O)N(C)CC[C@@H](C)O)cc2)o1. The number of hydrogen-bond donors (Lipinski definition) is 2. The molecule has 6 nitrogen and oxygen atoms in total. The first-order valence-electron chi connectivity index (χ1n) is 8.34. The van der Waals surface area contributed by atoms with Crippen molar-refractivity contribution in [2.24, 2.45) is 0 Å². The Morgan fingerprint density at radius 2 is 1.88 bits per heavy atom. The lowest BCUT2D eigenvalue weighted by Crippen LogP contribution is -2.33. The van der Waals surface area contributed by atoms with E-state index in [1.165, 1.54) is 4.90 Å². The van der Waals surface area contributed by atoms with Gasteiger partial charge in [0.05, 0.1) is 6.10 Å². The number of amides is 2. The second kappa shape index (κ2) is 8.48. The maximum Gasteiger partial charge on any atom is 0.321 e. The van der Waals surface area contributed by atoms with Crippen LogP contribution in [0.1, 0.15) is 42.1 Å². The summed E-state index contributed by atoms with van der Waals surface area (Å²) in [6.07, 6.45) is 0.802. The van der Waals surface area contributed by atoms with Gasteiger partial charge in [0, 0.05) is 31.3 Å². The molecule has 1 atom stereocenters. The molecular weight excluding hydrogens is 320 g/mol. The van der Waals surface area contributed by atoms with Crippen molar-refractivity contribution in [1.29, 1.82) is 0 Å². The Morgan fingerprint density at radius 3 is 2.44 bits per heavy atom. The van der Waals surface area contributed by atoms with Crippen LogP contribution in [0.4, 0.5) is 10.5 Å². The van der Waals surface area contributed by atoms with E-state index >= 15 is 0 Å². The third-order valence-corrected chi connectivity index (χ3v) is 3.86. The Morgan fingerprint density at radius 1 is 1.20 bits per heavy atom. The first kappa shape index (κ1) is 18.7. The normalized spacial score (nSPS) is 11.8. The summed E-state index contributed by atoms with van der Waals surface area (Å²) in [5, 5.41) is 12.0. The van der Waals surface area contributed by atoms with Crippen LogP contribution < -0.4 is 5.32 Å². The van der Waals surface area contributed by atoms with Gasteiger partial charge in [0.1, 0.15) is 5.76 Å². The number of aliphatic hydroxyl groups is 1. The summed E-state index contributed by atoms with van der Waals surface area (Å²) >= 11 is 0. The van der Waals surface area contributed by atoms with E-state index in [1.54, 1.807) is 50.4 Å². The molecule has 0 radical (unpaired) electrons. The lowest BCUT2D eigenvalue weighted by atomic mass is 10.1. The van der Waals surface area contributed by atoms with Gasteiger partial charge in [-0.05, 0) is 49.7 Å². The first-order valence-corrected chi connectivity index (χ1v) is 8.34. The van der Waals surface area contributed by atoms with Gasteiger partial charge in [-0.3, -0.25) is 4.79 Å². The van der Waals surface area contributed by atoms with Gasteiger partial charge in [-0.2, -0.15) is 0 Å². The molecule has 1 aromatic heterocycles. The molecule has 0 spiro atoms. The molecule has 2 amide bonds. The third kappa shape index (κ3) is 5.19. The van der Waals surface area contributed by atoms with E-state index in [0.29, 0.717) is 30.0 Å². The average Bonchev–Trinajstić information content (AvgIpc) is 3.08. The molecule has 1 heterocycles. The Bertz CT molecular complexity index is 719. The predicted molar refractivity (Wildman–Crippen MR) is 95.9 cm³/mol. The zero-order chi connectivity index (χ0) is 18.4. The summed E-state index contributed by atoms with van der Waals surface area (Å²) in [4.78, 5) is 25.9. The Hall–Kier alpha value is -2.60. The van der Waals surface area contributed by atoms with Gasteiger partial charge >= 0.3 is 6.03 Å². The predicted octanol–water partition coefficient (Wildman–Crippen LogP) is 3.31. The minimum atomic E-state index is -0.449. The largest absolute Gasteiger partial charge is 0.458 e. The van der Waals surface area contributed by atoms with Crippen LogP contribution in [0.15, 0.2) is 40.8 Å². The van der Waals surface area contributed by atoms with Crippen molar-refractivity contribution in [2.75, 3.05) is 18.9 Å². The molecule has 0 unspecified atom stereocenters. The average molecular weight is 344 g/mol. The number of nitrogens with zero attached hydrogens (tertiary/aromatic N) is 1. The molecule has 0 saturated heterocycles. The van der Waals surface area contributed by atoms with E-state index in [0.717, 1.165) is 12.2 Å². The van der Waals surface area contributed by atoms with Crippen LogP contribution >= 0.6 is 0 Å². The molecule has 2 aromatic rings. The van der Waals surface area contributed by atoms with E-state index in [-0.39, 0.29) is 11.8 Å². The van der Waals surface area contributed by atoms with Gasteiger partial charge in [0.15, 0.2) is 5.76 Å². The highest BCUT2D eigenvalue weighted by Crippen LogP contribution is 2.16. The highest BCUT2D eigenvalue weighted by molar-refractivity contribution is 6.07. The second-order valence-corrected chi connectivity index (χ2v) is 6.02. The van der Waals surface area contributed by atoms with Gasteiger partial charge < -0.3 is 19.7 Å². The zero-order valence-electron chi connectivity index (χ0n) is 14.8. The molecule has 6 heteroatoms. The summed E-state index contributed by atoms with van der Waals surface area (Å²) < 4.78 is 5.48. The Labute approximate surface area is 147 Å². The monoisotopic (exact) mass is 344 g/mol. The standard InChI is InChI=1S/C19H24N2O4/c1-4-16-9-10-17(25-16)18(23)14-5-7-15(8-6-14)20-19(24)21(3)12-11-13(2)22/h5-10,13,22H,4,11-12H2,1-3H3,(H,20,24)/t13-/m1/s1. The number of anilines is 1. The zero-order valence-corrected chi connectivity index (χ0v) is 14.8. The molecule has 2 rings (SSSR count). The van der Waals surface area contributed by atoms with Crippen LogP contribution in [0, 0.1) is 0 Å². The van der Waals surface area contributed by atoms with E-state index in [9.17, 15) is 14.7 Å². The number of carbonyl (C=O) groups excluding carboxylic acids is 2. The molecule has 2 N–H and O–H groups in total. The highest BCUT2D eigenvalue weighted by atomic mass is 16.3. The number of urea groups is 1. The number of nitrogens with one attached hydrogen (secondary N) is 1. The summed E-state index contributed by atoms with van der Waals surface area (Å²) in [6.45, 7) is 4.10. The van der Waals surface area contributed by atoms with Crippen molar-refractivity contribution in [2.45, 2.75) is 32.8 Å². The van der Waals surface area contributed by atoms with Gasteiger partial charge in [-0.25, -0.2) is 4.79 Å². The maximum absolute atomic E-state index is 12.4. The maximum atomic E-state index is 12.4. The fourth-order valence-corrected chi connectivity index (χ4v) is 2.24. The van der Waals surface area contributed by atoms with Crippen molar-refractivity contribution in [1.82, 2.24) is 4.90 Å². The van der Waals surface area contributed by atoms with Gasteiger partial charge in [0.2, 0.25) is 5.78 Å². The number of hydrogen-bond acceptors (Lipinski definition) is 4. The molecule has 134 valence electrons. The molecule has 0 saturated carbocycles. The molecule has 1 aromatic carbocycles. The van der Waals surface area contributed by atoms with E-state index in [1.807, 2.05) is 6.92 Å². The summed E-state index contributed by atoms with van der Waals surface area (Å²) in [6, 6.07) is 9.87. The van der Waals surface area contributed by atoms with Crippen LogP contribution in [0.2, 0.25) is 0 Å². The minimum Gasteiger partial charge on any atom is -0.458 e. The minimum absolute atomic E-state index is 0.188. The molecule has 0 aliphatic rings. The summed E-state index contributed by atoms with van der Waals surface area (Å²) in [7, 11) is 1.66. The van der Waals surface area contributed by atoms with Crippen molar-refractivity contribution < 1.29 is 19.1 Å². The van der Waals surface area contributed by atoms with Crippen molar-refractivity contribution in [3.63, 3.8) is 0 Å². The molecule has 0 fully saturated rings. The van der Waals surface area contributed by atoms with Crippen molar-refractivity contribution in [3.8, 4) is 0 Å². The number of benzene rings is 1. The second-order valence-electron chi connectivity index (χ2n) is 6.02. The van der Waals surface area contributed by atoms with E-state index < -0.39 is 6.10 Å². The number of rotatable bonds is 7. The first-order chi connectivity index (χ1) is 11.9. The Balaban J connectivity index is 1.97. The van der Waals surface area contributed by atoms with Gasteiger partial charge in [-0.15, -0.1) is 0 Å². The number of carbonyl (C=O) groups is 2. The summed E-state index contributed by atoms with van der Waals surface area (Å²) in [5.74, 6) is 0.894. The van der Waals surface area contributed by atoms with Crippen molar-refractivity contribution in [3.05, 3.63) is 53.5 Å². The molecule has 0 bridgehead atoms. The number of aryl methyl sites for hydroxylation is 1. The van der Waals surface area contributed by atoms with E-state index in [4.69, 9.17) is 4.42 Å². The molecular formula is C19H24N2O4. The van der Waals surface area contributed by atoms with E-state index in [2.05, 4.69) is 5.32 Å². The smallest absolute Gasteiger partial charge is 0.321 e. The van der Waals surface area contributed by atoms with Gasteiger partial charge in [0.25, 0.3) is 0 Å². The fourth-order valence-electron chi connectivity index (χ4n) is 2.24. The van der Waals surface area contributed by atoms with Crippen LogP contribution in [0.3, 0.4) is 0 Å². The molecule has 25 heavy (non-hydrogen) atoms. The number of ketones is 1. The molecule has 0 aliphatic carbocycles. The van der Waals surface area contributed by atoms with Crippen LogP contribution in [0.25, 0.3) is 0 Å². The van der Waals surface area contributed by atoms with Crippen molar-refractivity contribution >= 4 is 17.5 Å². The number of aliphatic hydroxyl groups excluding tert-OH is 1.